The molecular formula is C18H29NO2. The lowest BCUT2D eigenvalue weighted by atomic mass is 9.94. The number of benzene rings is 1. The second kappa shape index (κ2) is 7.81. The SMILES string of the molecule is CCC(CC)C1CNCC(c2ccc(OC(C)C)cc2)O1. The van der Waals surface area contributed by atoms with Gasteiger partial charge in [0.1, 0.15) is 5.75 Å². The highest BCUT2D eigenvalue weighted by atomic mass is 16.5. The third-order valence-corrected chi connectivity index (χ3v) is 4.21. The Balaban J connectivity index is 2.00. The summed E-state index contributed by atoms with van der Waals surface area (Å²) in [6.07, 6.45) is 3.04. The third kappa shape index (κ3) is 4.45. The van der Waals surface area contributed by atoms with Crippen LogP contribution in [0.4, 0.5) is 0 Å². The molecule has 2 rings (SSSR count). The minimum atomic E-state index is 0.150. The molecule has 1 aliphatic heterocycles. The molecule has 1 saturated heterocycles. The second-order valence-electron chi connectivity index (χ2n) is 6.13. The Labute approximate surface area is 129 Å². The fourth-order valence-corrected chi connectivity index (χ4v) is 2.99. The Bertz CT molecular complexity index is 412. The van der Waals surface area contributed by atoms with Gasteiger partial charge in [0.2, 0.25) is 0 Å². The summed E-state index contributed by atoms with van der Waals surface area (Å²) in [7, 11) is 0. The van der Waals surface area contributed by atoms with Crippen molar-refractivity contribution >= 4 is 0 Å². The summed E-state index contributed by atoms with van der Waals surface area (Å²) in [5.74, 6) is 1.57. The van der Waals surface area contributed by atoms with Gasteiger partial charge in [-0.15, -0.1) is 0 Å². The highest BCUT2D eigenvalue weighted by Gasteiger charge is 2.27. The van der Waals surface area contributed by atoms with Gasteiger partial charge in [-0.2, -0.15) is 0 Å². The number of ether oxygens (including phenoxy) is 2. The van der Waals surface area contributed by atoms with E-state index in [0.717, 1.165) is 18.8 Å². The zero-order chi connectivity index (χ0) is 15.2. The van der Waals surface area contributed by atoms with Crippen molar-refractivity contribution in [1.29, 1.82) is 0 Å². The average Bonchev–Trinajstić information content (AvgIpc) is 2.49. The molecule has 1 aromatic rings. The van der Waals surface area contributed by atoms with E-state index in [4.69, 9.17) is 9.47 Å². The highest BCUT2D eigenvalue weighted by Crippen LogP contribution is 2.28. The summed E-state index contributed by atoms with van der Waals surface area (Å²) in [6, 6.07) is 8.33. The van der Waals surface area contributed by atoms with E-state index in [1.165, 1.54) is 18.4 Å². The Morgan fingerprint density at radius 3 is 2.38 bits per heavy atom. The van der Waals surface area contributed by atoms with Crippen molar-refractivity contribution < 1.29 is 9.47 Å². The molecule has 1 N–H and O–H groups in total. The smallest absolute Gasteiger partial charge is 0.119 e. The van der Waals surface area contributed by atoms with E-state index < -0.39 is 0 Å². The molecule has 1 heterocycles. The van der Waals surface area contributed by atoms with Crippen molar-refractivity contribution in [3.63, 3.8) is 0 Å². The fourth-order valence-electron chi connectivity index (χ4n) is 2.99. The van der Waals surface area contributed by atoms with E-state index in [1.54, 1.807) is 0 Å². The van der Waals surface area contributed by atoms with Crippen LogP contribution < -0.4 is 10.1 Å². The van der Waals surface area contributed by atoms with E-state index in [9.17, 15) is 0 Å². The van der Waals surface area contributed by atoms with Gasteiger partial charge in [-0.3, -0.25) is 0 Å². The maximum Gasteiger partial charge on any atom is 0.119 e. The highest BCUT2D eigenvalue weighted by molar-refractivity contribution is 5.29. The quantitative estimate of drug-likeness (QED) is 0.861. The molecule has 1 aliphatic rings. The molecule has 2 atom stereocenters. The van der Waals surface area contributed by atoms with E-state index in [0.29, 0.717) is 12.0 Å². The molecule has 21 heavy (non-hydrogen) atoms. The maximum atomic E-state index is 6.33. The number of rotatable bonds is 6. The zero-order valence-electron chi connectivity index (χ0n) is 13.8. The van der Waals surface area contributed by atoms with Crippen LogP contribution in [-0.4, -0.2) is 25.3 Å². The third-order valence-electron chi connectivity index (χ3n) is 4.21. The lowest BCUT2D eigenvalue weighted by Crippen LogP contribution is -2.44. The second-order valence-corrected chi connectivity index (χ2v) is 6.13. The van der Waals surface area contributed by atoms with Crippen LogP contribution in [0.25, 0.3) is 0 Å². The fraction of sp³-hybridized carbons (Fsp3) is 0.667. The number of morpholine rings is 1. The lowest BCUT2D eigenvalue weighted by Gasteiger charge is -2.35. The number of hydrogen-bond donors (Lipinski definition) is 1. The summed E-state index contributed by atoms with van der Waals surface area (Å²) < 4.78 is 12.0. The van der Waals surface area contributed by atoms with Crippen LogP contribution in [0.2, 0.25) is 0 Å². The van der Waals surface area contributed by atoms with Crippen molar-refractivity contribution in [2.45, 2.75) is 58.8 Å². The molecule has 0 aliphatic carbocycles. The van der Waals surface area contributed by atoms with E-state index in [-0.39, 0.29) is 12.2 Å². The van der Waals surface area contributed by atoms with Gasteiger partial charge in [0.05, 0.1) is 18.3 Å². The molecule has 0 bridgehead atoms. The zero-order valence-corrected chi connectivity index (χ0v) is 13.8. The molecule has 0 spiro atoms. The van der Waals surface area contributed by atoms with Gasteiger partial charge in [-0.05, 0) is 37.5 Å². The first kappa shape index (κ1) is 16.3. The molecular weight excluding hydrogens is 262 g/mol. The predicted octanol–water partition coefficient (Wildman–Crippen LogP) is 3.94. The van der Waals surface area contributed by atoms with Gasteiger partial charge < -0.3 is 14.8 Å². The first-order chi connectivity index (χ1) is 10.1. The molecule has 3 heteroatoms. The topological polar surface area (TPSA) is 30.5 Å². The molecule has 0 amide bonds. The van der Waals surface area contributed by atoms with Crippen molar-refractivity contribution in [2.75, 3.05) is 13.1 Å². The lowest BCUT2D eigenvalue weighted by molar-refractivity contribution is -0.0688. The Hall–Kier alpha value is -1.06. The van der Waals surface area contributed by atoms with Crippen LogP contribution in [0.5, 0.6) is 5.75 Å². The minimum absolute atomic E-state index is 0.150. The van der Waals surface area contributed by atoms with E-state index in [2.05, 4.69) is 31.3 Å². The molecule has 0 radical (unpaired) electrons. The van der Waals surface area contributed by atoms with Crippen LogP contribution >= 0.6 is 0 Å². The normalized spacial score (nSPS) is 22.8. The van der Waals surface area contributed by atoms with Gasteiger partial charge >= 0.3 is 0 Å². The molecule has 3 nitrogen and oxygen atoms in total. The van der Waals surface area contributed by atoms with Crippen LogP contribution in [0.3, 0.4) is 0 Å². The summed E-state index contributed by atoms with van der Waals surface area (Å²) >= 11 is 0. The van der Waals surface area contributed by atoms with Gasteiger partial charge in [0.15, 0.2) is 0 Å². The van der Waals surface area contributed by atoms with Crippen molar-refractivity contribution in [3.8, 4) is 5.75 Å². The van der Waals surface area contributed by atoms with E-state index in [1.807, 2.05) is 26.0 Å². The van der Waals surface area contributed by atoms with Crippen LogP contribution in [0.15, 0.2) is 24.3 Å². The van der Waals surface area contributed by atoms with Gasteiger partial charge in [-0.1, -0.05) is 38.8 Å². The molecule has 1 aromatic carbocycles. The van der Waals surface area contributed by atoms with Crippen LogP contribution in [0.1, 0.15) is 52.2 Å². The molecule has 2 unspecified atom stereocenters. The largest absolute Gasteiger partial charge is 0.491 e. The Morgan fingerprint density at radius 1 is 1.14 bits per heavy atom. The van der Waals surface area contributed by atoms with Crippen molar-refractivity contribution in [2.24, 2.45) is 5.92 Å². The van der Waals surface area contributed by atoms with Crippen LogP contribution in [-0.2, 0) is 4.74 Å². The first-order valence-electron chi connectivity index (χ1n) is 8.26. The van der Waals surface area contributed by atoms with Crippen molar-refractivity contribution in [3.05, 3.63) is 29.8 Å². The summed E-state index contributed by atoms with van der Waals surface area (Å²) in [4.78, 5) is 0. The maximum absolute atomic E-state index is 6.33. The minimum Gasteiger partial charge on any atom is -0.491 e. The monoisotopic (exact) mass is 291 g/mol. The summed E-state index contributed by atoms with van der Waals surface area (Å²) in [6.45, 7) is 10.4. The Kier molecular flexibility index (Phi) is 6.07. The number of hydrogen-bond acceptors (Lipinski definition) is 3. The first-order valence-corrected chi connectivity index (χ1v) is 8.26. The average molecular weight is 291 g/mol. The van der Waals surface area contributed by atoms with Gasteiger partial charge in [0, 0.05) is 13.1 Å². The summed E-state index contributed by atoms with van der Waals surface area (Å²) in [5, 5.41) is 3.52. The van der Waals surface area contributed by atoms with Gasteiger partial charge in [0.25, 0.3) is 0 Å². The molecule has 118 valence electrons. The molecule has 0 aromatic heterocycles. The summed E-state index contributed by atoms with van der Waals surface area (Å²) in [5.41, 5.74) is 1.23. The predicted molar refractivity (Wildman–Crippen MR) is 86.8 cm³/mol. The van der Waals surface area contributed by atoms with Crippen LogP contribution in [0, 0.1) is 5.92 Å². The Morgan fingerprint density at radius 2 is 1.81 bits per heavy atom. The number of nitrogens with one attached hydrogen (secondary N) is 1. The standard InChI is InChI=1S/C18H29NO2/c1-5-14(6-2)17-11-19-12-18(21-17)15-7-9-16(10-8-15)20-13(3)4/h7-10,13-14,17-19H,5-6,11-12H2,1-4H3. The van der Waals surface area contributed by atoms with Gasteiger partial charge in [-0.25, -0.2) is 0 Å². The van der Waals surface area contributed by atoms with E-state index >= 15 is 0 Å². The van der Waals surface area contributed by atoms with Crippen molar-refractivity contribution in [1.82, 2.24) is 5.32 Å². The molecule has 0 saturated carbocycles. The molecule has 1 fully saturated rings.